The molecule has 0 saturated heterocycles. The zero-order valence-corrected chi connectivity index (χ0v) is 11.8. The summed E-state index contributed by atoms with van der Waals surface area (Å²) in [6, 6.07) is 5.44. The highest BCUT2D eigenvalue weighted by atomic mass is 19.1. The molecule has 3 N–H and O–H groups in total. The van der Waals surface area contributed by atoms with Crippen LogP contribution in [0.3, 0.4) is 0 Å². The lowest BCUT2D eigenvalue weighted by Gasteiger charge is -2.28. The first-order valence-corrected chi connectivity index (χ1v) is 6.72. The third-order valence-corrected chi connectivity index (χ3v) is 3.67. The SMILES string of the molecule is CCn1cc(CC(CN)(C(=O)O)c2ccc(F)cc2)cn1. The summed E-state index contributed by atoms with van der Waals surface area (Å²) in [4.78, 5) is 11.8. The number of carbonyl (C=O) groups is 1. The van der Waals surface area contributed by atoms with Crippen molar-refractivity contribution in [3.05, 3.63) is 53.6 Å². The monoisotopic (exact) mass is 291 g/mol. The van der Waals surface area contributed by atoms with Gasteiger partial charge < -0.3 is 10.8 Å². The Morgan fingerprint density at radius 2 is 2.10 bits per heavy atom. The van der Waals surface area contributed by atoms with E-state index in [1.54, 1.807) is 17.1 Å². The number of carboxylic acids is 1. The number of hydrogen-bond donors (Lipinski definition) is 2. The minimum Gasteiger partial charge on any atom is -0.481 e. The van der Waals surface area contributed by atoms with E-state index in [0.717, 1.165) is 5.56 Å². The molecule has 0 amide bonds. The Kier molecular flexibility index (Phi) is 4.37. The van der Waals surface area contributed by atoms with Gasteiger partial charge in [-0.3, -0.25) is 9.48 Å². The Hall–Kier alpha value is -2.21. The van der Waals surface area contributed by atoms with Crippen LogP contribution in [-0.2, 0) is 23.2 Å². The highest BCUT2D eigenvalue weighted by Gasteiger charge is 2.39. The number of aryl methyl sites for hydroxylation is 1. The van der Waals surface area contributed by atoms with E-state index in [1.807, 2.05) is 6.92 Å². The maximum Gasteiger partial charge on any atom is 0.315 e. The number of halogens is 1. The third kappa shape index (κ3) is 2.95. The summed E-state index contributed by atoms with van der Waals surface area (Å²) in [6.45, 7) is 2.58. The van der Waals surface area contributed by atoms with E-state index in [0.29, 0.717) is 12.1 Å². The van der Waals surface area contributed by atoms with E-state index in [2.05, 4.69) is 5.10 Å². The molecule has 0 aliphatic rings. The van der Waals surface area contributed by atoms with E-state index < -0.39 is 17.2 Å². The minimum absolute atomic E-state index is 0.0781. The van der Waals surface area contributed by atoms with Crippen molar-refractivity contribution < 1.29 is 14.3 Å². The molecule has 0 radical (unpaired) electrons. The number of carboxylic acid groups (broad SMARTS) is 1. The fourth-order valence-corrected chi connectivity index (χ4v) is 2.37. The van der Waals surface area contributed by atoms with Crippen LogP contribution < -0.4 is 5.73 Å². The van der Waals surface area contributed by atoms with Crippen molar-refractivity contribution in [2.24, 2.45) is 5.73 Å². The normalized spacial score (nSPS) is 13.9. The third-order valence-electron chi connectivity index (χ3n) is 3.67. The molecule has 1 aromatic heterocycles. The van der Waals surface area contributed by atoms with Crippen LogP contribution >= 0.6 is 0 Å². The van der Waals surface area contributed by atoms with E-state index in [-0.39, 0.29) is 13.0 Å². The predicted octanol–water partition coefficient (Wildman–Crippen LogP) is 1.57. The van der Waals surface area contributed by atoms with Crippen LogP contribution in [0.4, 0.5) is 4.39 Å². The van der Waals surface area contributed by atoms with Crippen LogP contribution in [0.1, 0.15) is 18.1 Å². The van der Waals surface area contributed by atoms with Crippen LogP contribution in [-0.4, -0.2) is 27.4 Å². The van der Waals surface area contributed by atoms with Gasteiger partial charge in [0.15, 0.2) is 0 Å². The minimum atomic E-state index is -1.28. The summed E-state index contributed by atoms with van der Waals surface area (Å²) in [5.41, 5.74) is 5.76. The molecule has 1 atom stereocenters. The van der Waals surface area contributed by atoms with Gasteiger partial charge in [-0.25, -0.2) is 4.39 Å². The topological polar surface area (TPSA) is 81.1 Å². The van der Waals surface area contributed by atoms with Gasteiger partial charge in [-0.2, -0.15) is 5.10 Å². The molecular formula is C15H18FN3O2. The second-order valence-electron chi connectivity index (χ2n) is 4.98. The molecule has 0 spiro atoms. The molecule has 1 heterocycles. The Morgan fingerprint density at radius 1 is 1.43 bits per heavy atom. The summed E-state index contributed by atoms with van der Waals surface area (Å²) < 4.78 is 14.8. The van der Waals surface area contributed by atoms with E-state index in [9.17, 15) is 14.3 Å². The van der Waals surface area contributed by atoms with Crippen molar-refractivity contribution in [2.75, 3.05) is 6.54 Å². The number of nitrogens with two attached hydrogens (primary N) is 1. The Labute approximate surface area is 122 Å². The standard InChI is InChI=1S/C15H18FN3O2/c1-2-19-9-11(8-18-19)7-15(10-17,14(20)21)12-3-5-13(16)6-4-12/h3-6,8-9H,2,7,10,17H2,1H3,(H,20,21). The van der Waals surface area contributed by atoms with Gasteiger partial charge in [0.25, 0.3) is 0 Å². The first kappa shape index (κ1) is 15.2. The molecule has 5 nitrogen and oxygen atoms in total. The van der Waals surface area contributed by atoms with Gasteiger partial charge in [0, 0.05) is 19.3 Å². The Morgan fingerprint density at radius 3 is 2.57 bits per heavy atom. The second kappa shape index (κ2) is 6.05. The molecule has 0 fully saturated rings. The number of hydrogen-bond acceptors (Lipinski definition) is 3. The highest BCUT2D eigenvalue weighted by Crippen LogP contribution is 2.28. The summed E-state index contributed by atoms with van der Waals surface area (Å²) in [7, 11) is 0. The van der Waals surface area contributed by atoms with E-state index >= 15 is 0 Å². The molecule has 6 heteroatoms. The number of benzene rings is 1. The smallest absolute Gasteiger partial charge is 0.315 e. The maximum atomic E-state index is 13.1. The van der Waals surface area contributed by atoms with Gasteiger partial charge in [-0.1, -0.05) is 12.1 Å². The van der Waals surface area contributed by atoms with Crippen LogP contribution in [0.15, 0.2) is 36.7 Å². The number of rotatable bonds is 6. The first-order valence-electron chi connectivity index (χ1n) is 6.72. The van der Waals surface area contributed by atoms with Gasteiger partial charge in [-0.15, -0.1) is 0 Å². The van der Waals surface area contributed by atoms with Crippen molar-refractivity contribution >= 4 is 5.97 Å². The highest BCUT2D eigenvalue weighted by molar-refractivity contribution is 5.82. The predicted molar refractivity (Wildman–Crippen MR) is 76.4 cm³/mol. The lowest BCUT2D eigenvalue weighted by Crippen LogP contribution is -2.44. The molecule has 21 heavy (non-hydrogen) atoms. The van der Waals surface area contributed by atoms with Gasteiger partial charge >= 0.3 is 5.97 Å². The molecule has 0 aliphatic carbocycles. The van der Waals surface area contributed by atoms with Gasteiger partial charge in [-0.05, 0) is 36.6 Å². The average Bonchev–Trinajstić information content (AvgIpc) is 2.93. The first-order chi connectivity index (χ1) is 10.0. The van der Waals surface area contributed by atoms with Crippen molar-refractivity contribution in [3.8, 4) is 0 Å². The van der Waals surface area contributed by atoms with Crippen LogP contribution in [0.2, 0.25) is 0 Å². The summed E-state index contributed by atoms with van der Waals surface area (Å²) >= 11 is 0. The Balaban J connectivity index is 2.41. The van der Waals surface area contributed by atoms with Gasteiger partial charge in [0.1, 0.15) is 11.2 Å². The van der Waals surface area contributed by atoms with Crippen molar-refractivity contribution in [1.82, 2.24) is 9.78 Å². The zero-order valence-electron chi connectivity index (χ0n) is 11.8. The number of nitrogens with zero attached hydrogens (tertiary/aromatic N) is 2. The second-order valence-corrected chi connectivity index (χ2v) is 4.98. The lowest BCUT2D eigenvalue weighted by atomic mass is 9.76. The summed E-state index contributed by atoms with van der Waals surface area (Å²) in [5.74, 6) is -1.44. The average molecular weight is 291 g/mol. The van der Waals surface area contributed by atoms with Crippen LogP contribution in [0.25, 0.3) is 0 Å². The molecule has 112 valence electrons. The zero-order chi connectivity index (χ0) is 15.5. The number of aromatic nitrogens is 2. The lowest BCUT2D eigenvalue weighted by molar-refractivity contribution is -0.143. The summed E-state index contributed by atoms with van der Waals surface area (Å²) in [5, 5.41) is 13.8. The largest absolute Gasteiger partial charge is 0.481 e. The van der Waals surface area contributed by atoms with Gasteiger partial charge in [0.05, 0.1) is 6.20 Å². The van der Waals surface area contributed by atoms with Crippen molar-refractivity contribution in [3.63, 3.8) is 0 Å². The van der Waals surface area contributed by atoms with Crippen molar-refractivity contribution in [1.29, 1.82) is 0 Å². The molecule has 0 bridgehead atoms. The summed E-state index contributed by atoms with van der Waals surface area (Å²) in [6.07, 6.45) is 3.65. The number of aliphatic carboxylic acids is 1. The fourth-order valence-electron chi connectivity index (χ4n) is 2.37. The maximum absolute atomic E-state index is 13.1. The van der Waals surface area contributed by atoms with Crippen LogP contribution in [0.5, 0.6) is 0 Å². The molecule has 1 unspecified atom stereocenters. The van der Waals surface area contributed by atoms with E-state index in [4.69, 9.17) is 5.73 Å². The molecule has 2 aromatic rings. The molecular weight excluding hydrogens is 273 g/mol. The quantitative estimate of drug-likeness (QED) is 0.846. The van der Waals surface area contributed by atoms with Crippen molar-refractivity contribution in [2.45, 2.75) is 25.3 Å². The molecule has 0 aliphatic heterocycles. The Bertz CT molecular complexity index is 624. The molecule has 0 saturated carbocycles. The van der Waals surface area contributed by atoms with Crippen LogP contribution in [0, 0.1) is 5.82 Å². The molecule has 1 aromatic carbocycles. The van der Waals surface area contributed by atoms with Gasteiger partial charge in [0.2, 0.25) is 0 Å². The fraction of sp³-hybridized carbons (Fsp3) is 0.333. The molecule has 2 rings (SSSR count). The van der Waals surface area contributed by atoms with E-state index in [1.165, 1.54) is 24.3 Å².